The molecule has 0 saturated heterocycles. The minimum Gasteiger partial charge on any atom is -0.469 e. The van der Waals surface area contributed by atoms with Gasteiger partial charge in [0.15, 0.2) is 0 Å². The number of anilines is 1. The summed E-state index contributed by atoms with van der Waals surface area (Å²) >= 11 is 0. The van der Waals surface area contributed by atoms with Gasteiger partial charge in [-0.05, 0) is 36.8 Å². The van der Waals surface area contributed by atoms with Crippen LogP contribution in [0.5, 0.6) is 0 Å². The molecule has 0 spiro atoms. The van der Waals surface area contributed by atoms with E-state index in [-0.39, 0.29) is 30.2 Å². The summed E-state index contributed by atoms with van der Waals surface area (Å²) in [4.78, 5) is 24.9. The lowest BCUT2D eigenvalue weighted by Gasteiger charge is -2.25. The third-order valence-corrected chi connectivity index (χ3v) is 7.17. The summed E-state index contributed by atoms with van der Waals surface area (Å²) in [5, 5.41) is 2.84. The first-order valence-electron chi connectivity index (χ1n) is 10.9. The van der Waals surface area contributed by atoms with Crippen LogP contribution in [0.25, 0.3) is 0 Å². The molecule has 3 rings (SSSR count). The predicted octanol–water partition coefficient (Wildman–Crippen LogP) is 4.00. The maximum absolute atomic E-state index is 13.4. The predicted molar refractivity (Wildman–Crippen MR) is 131 cm³/mol. The van der Waals surface area contributed by atoms with E-state index in [0.717, 1.165) is 11.1 Å². The van der Waals surface area contributed by atoms with E-state index in [0.29, 0.717) is 5.69 Å². The summed E-state index contributed by atoms with van der Waals surface area (Å²) in [6.45, 7) is 1.82. The van der Waals surface area contributed by atoms with E-state index in [4.69, 9.17) is 4.74 Å². The molecular formula is C26H28N2O5S. The number of methoxy groups -OCH3 is 1. The van der Waals surface area contributed by atoms with Crippen molar-refractivity contribution in [3.05, 3.63) is 96.1 Å². The largest absolute Gasteiger partial charge is 0.469 e. The van der Waals surface area contributed by atoms with Crippen LogP contribution in [0, 0.1) is 6.92 Å². The van der Waals surface area contributed by atoms with Crippen LogP contribution >= 0.6 is 0 Å². The lowest BCUT2D eigenvalue weighted by atomic mass is 10.0. The molecule has 3 aromatic carbocycles. The summed E-state index contributed by atoms with van der Waals surface area (Å²) in [5.41, 5.74) is 2.17. The lowest BCUT2D eigenvalue weighted by Crippen LogP contribution is -2.37. The Hall–Kier alpha value is -3.65. The van der Waals surface area contributed by atoms with Crippen molar-refractivity contribution in [2.45, 2.75) is 30.7 Å². The maximum Gasteiger partial charge on any atom is 0.307 e. The van der Waals surface area contributed by atoms with Gasteiger partial charge in [0.1, 0.15) is 0 Å². The van der Waals surface area contributed by atoms with Crippen LogP contribution in [0.1, 0.15) is 30.0 Å². The molecule has 0 radical (unpaired) electrons. The number of benzene rings is 3. The van der Waals surface area contributed by atoms with Crippen molar-refractivity contribution in [3.63, 3.8) is 0 Å². The van der Waals surface area contributed by atoms with Crippen molar-refractivity contribution in [2.24, 2.45) is 0 Å². The first-order chi connectivity index (χ1) is 16.3. The molecular weight excluding hydrogens is 452 g/mol. The Morgan fingerprint density at radius 2 is 1.50 bits per heavy atom. The number of aryl methyl sites for hydroxylation is 1. The Kier molecular flexibility index (Phi) is 8.43. The minimum absolute atomic E-state index is 0.0314. The highest BCUT2D eigenvalue weighted by Crippen LogP contribution is 2.24. The molecule has 0 heterocycles. The fourth-order valence-corrected chi connectivity index (χ4v) is 4.94. The minimum atomic E-state index is -3.89. The summed E-state index contributed by atoms with van der Waals surface area (Å²) in [6.07, 6.45) is -0.124. The second-order valence-electron chi connectivity index (χ2n) is 7.79. The van der Waals surface area contributed by atoms with E-state index in [1.165, 1.54) is 11.4 Å². The molecule has 8 heteroatoms. The Balaban J connectivity index is 1.79. The number of nitrogens with one attached hydrogen (secondary N) is 1. The fraction of sp³-hybridized carbons (Fsp3) is 0.231. The van der Waals surface area contributed by atoms with Gasteiger partial charge in [-0.3, -0.25) is 13.9 Å². The molecule has 0 aliphatic carbocycles. The number of hydrogen-bond donors (Lipinski definition) is 1. The van der Waals surface area contributed by atoms with E-state index < -0.39 is 22.0 Å². The van der Waals surface area contributed by atoms with E-state index in [9.17, 15) is 18.0 Å². The van der Waals surface area contributed by atoms with Crippen LogP contribution in [0.4, 0.5) is 5.69 Å². The SMILES string of the molecule is COC(=O)CC(NC(=O)CCN(c1ccccc1)S(=O)(=O)c1ccc(C)cc1)c1ccccc1. The number of hydrogen-bond acceptors (Lipinski definition) is 5. The van der Waals surface area contributed by atoms with Gasteiger partial charge in [0.05, 0.1) is 30.2 Å². The number of sulfonamides is 1. The molecule has 1 atom stereocenters. The van der Waals surface area contributed by atoms with Crippen LogP contribution in [-0.2, 0) is 24.3 Å². The van der Waals surface area contributed by atoms with E-state index >= 15 is 0 Å². The van der Waals surface area contributed by atoms with Gasteiger partial charge in [-0.2, -0.15) is 0 Å². The van der Waals surface area contributed by atoms with Gasteiger partial charge < -0.3 is 10.1 Å². The number of carbonyl (C=O) groups is 2. The molecule has 178 valence electrons. The third-order valence-electron chi connectivity index (χ3n) is 5.33. The number of nitrogens with zero attached hydrogens (tertiary/aromatic N) is 1. The highest BCUT2D eigenvalue weighted by atomic mass is 32.2. The molecule has 34 heavy (non-hydrogen) atoms. The second-order valence-corrected chi connectivity index (χ2v) is 9.65. The summed E-state index contributed by atoms with van der Waals surface area (Å²) in [7, 11) is -2.60. The van der Waals surface area contributed by atoms with Crippen molar-refractivity contribution in [1.82, 2.24) is 5.32 Å². The molecule has 0 aliphatic rings. The van der Waals surface area contributed by atoms with Gasteiger partial charge in [0.2, 0.25) is 5.91 Å². The molecule has 0 bridgehead atoms. The normalized spacial score (nSPS) is 11.9. The van der Waals surface area contributed by atoms with Gasteiger partial charge >= 0.3 is 5.97 Å². The van der Waals surface area contributed by atoms with Crippen molar-refractivity contribution < 1.29 is 22.7 Å². The van der Waals surface area contributed by atoms with Crippen LogP contribution < -0.4 is 9.62 Å². The van der Waals surface area contributed by atoms with Gasteiger partial charge in [-0.1, -0.05) is 66.2 Å². The second kappa shape index (κ2) is 11.5. The average Bonchev–Trinajstić information content (AvgIpc) is 2.85. The highest BCUT2D eigenvalue weighted by molar-refractivity contribution is 7.92. The number of ether oxygens (including phenoxy) is 1. The monoisotopic (exact) mass is 480 g/mol. The molecule has 3 aromatic rings. The zero-order chi connectivity index (χ0) is 24.6. The smallest absolute Gasteiger partial charge is 0.307 e. The standard InChI is InChI=1S/C26H28N2O5S/c1-20-13-15-23(16-14-20)34(31,32)28(22-11-7-4-8-12-22)18-17-25(29)27-24(19-26(30)33-2)21-9-5-3-6-10-21/h3-16,24H,17-19H2,1-2H3,(H,27,29). The van der Waals surface area contributed by atoms with Crippen molar-refractivity contribution in [1.29, 1.82) is 0 Å². The van der Waals surface area contributed by atoms with Crippen LogP contribution in [0.2, 0.25) is 0 Å². The molecule has 1 amide bonds. The van der Waals surface area contributed by atoms with Gasteiger partial charge in [-0.25, -0.2) is 8.42 Å². The Bertz CT molecular complexity index is 1200. The van der Waals surface area contributed by atoms with E-state index in [1.54, 1.807) is 54.6 Å². The first-order valence-corrected chi connectivity index (χ1v) is 12.3. The molecule has 0 aliphatic heterocycles. The number of carbonyl (C=O) groups excluding carboxylic acids is 2. The Morgan fingerprint density at radius 1 is 0.912 bits per heavy atom. The van der Waals surface area contributed by atoms with E-state index in [1.807, 2.05) is 37.3 Å². The summed E-state index contributed by atoms with van der Waals surface area (Å²) in [5.74, 6) is -0.834. The zero-order valence-electron chi connectivity index (χ0n) is 19.2. The van der Waals surface area contributed by atoms with Crippen molar-refractivity contribution >= 4 is 27.6 Å². The highest BCUT2D eigenvalue weighted by Gasteiger charge is 2.26. The lowest BCUT2D eigenvalue weighted by molar-refractivity contribution is -0.141. The number of amides is 1. The number of esters is 1. The molecule has 0 saturated carbocycles. The maximum atomic E-state index is 13.4. The Morgan fingerprint density at radius 3 is 2.09 bits per heavy atom. The third kappa shape index (κ3) is 6.45. The number of para-hydroxylation sites is 1. The first kappa shape index (κ1) is 25.0. The van der Waals surface area contributed by atoms with Gasteiger partial charge in [0.25, 0.3) is 10.0 Å². The van der Waals surface area contributed by atoms with Crippen LogP contribution in [0.3, 0.4) is 0 Å². The average molecular weight is 481 g/mol. The summed E-state index contributed by atoms with van der Waals surface area (Å²) in [6, 6.07) is 23.8. The van der Waals surface area contributed by atoms with E-state index in [2.05, 4.69) is 5.32 Å². The fourth-order valence-electron chi connectivity index (χ4n) is 3.48. The van der Waals surface area contributed by atoms with Crippen LogP contribution in [0.15, 0.2) is 89.8 Å². The topological polar surface area (TPSA) is 92.8 Å². The molecule has 1 N–H and O–H groups in total. The van der Waals surface area contributed by atoms with Crippen molar-refractivity contribution in [2.75, 3.05) is 18.0 Å². The zero-order valence-corrected chi connectivity index (χ0v) is 20.0. The molecule has 7 nitrogen and oxygen atoms in total. The van der Waals surface area contributed by atoms with Crippen LogP contribution in [-0.4, -0.2) is 33.9 Å². The quantitative estimate of drug-likeness (QED) is 0.443. The van der Waals surface area contributed by atoms with Crippen molar-refractivity contribution in [3.8, 4) is 0 Å². The van der Waals surface area contributed by atoms with Gasteiger partial charge in [0, 0.05) is 13.0 Å². The number of rotatable bonds is 10. The molecule has 1 unspecified atom stereocenters. The van der Waals surface area contributed by atoms with Gasteiger partial charge in [-0.15, -0.1) is 0 Å². The summed E-state index contributed by atoms with van der Waals surface area (Å²) < 4.78 is 32.8. The molecule has 0 fully saturated rings. The molecule has 0 aromatic heterocycles. The Labute approximate surface area is 200 Å².